The Labute approximate surface area is 123 Å². The van der Waals surface area contributed by atoms with Gasteiger partial charge in [-0.3, -0.25) is 4.90 Å². The molecule has 1 aliphatic carbocycles. The van der Waals surface area contributed by atoms with Crippen LogP contribution in [0.15, 0.2) is 24.3 Å². The summed E-state index contributed by atoms with van der Waals surface area (Å²) < 4.78 is 0. The average Bonchev–Trinajstić information content (AvgIpc) is 2.92. The summed E-state index contributed by atoms with van der Waals surface area (Å²) in [6.45, 7) is 8.18. The van der Waals surface area contributed by atoms with Crippen LogP contribution in [-0.2, 0) is 6.42 Å². The van der Waals surface area contributed by atoms with Crippen LogP contribution in [0.2, 0.25) is 0 Å². The third-order valence-corrected chi connectivity index (χ3v) is 4.40. The predicted molar refractivity (Wildman–Crippen MR) is 85.1 cm³/mol. The summed E-state index contributed by atoms with van der Waals surface area (Å²) in [6.07, 6.45) is 6.60. The Morgan fingerprint density at radius 3 is 2.25 bits per heavy atom. The number of phenolic OH excluding ortho intramolecular Hbond substituents is 1. The molecule has 0 bridgehead atoms. The lowest BCUT2D eigenvalue weighted by Crippen LogP contribution is -2.43. The van der Waals surface area contributed by atoms with E-state index < -0.39 is 0 Å². The Morgan fingerprint density at radius 2 is 1.70 bits per heavy atom. The highest BCUT2D eigenvalue weighted by atomic mass is 16.3. The molecule has 0 saturated heterocycles. The van der Waals surface area contributed by atoms with E-state index >= 15 is 0 Å². The van der Waals surface area contributed by atoms with Gasteiger partial charge in [-0.05, 0) is 49.8 Å². The first-order chi connectivity index (χ1) is 9.56. The normalized spacial score (nSPS) is 18.1. The summed E-state index contributed by atoms with van der Waals surface area (Å²) in [5.74, 6) is 1.08. The van der Waals surface area contributed by atoms with Gasteiger partial charge in [0, 0.05) is 18.6 Å². The van der Waals surface area contributed by atoms with Crippen LogP contribution in [-0.4, -0.2) is 28.6 Å². The van der Waals surface area contributed by atoms with Crippen LogP contribution in [0.25, 0.3) is 0 Å². The van der Waals surface area contributed by atoms with Gasteiger partial charge in [0.25, 0.3) is 0 Å². The van der Waals surface area contributed by atoms with Gasteiger partial charge in [0.2, 0.25) is 0 Å². The van der Waals surface area contributed by atoms with Gasteiger partial charge in [0.1, 0.15) is 5.75 Å². The Hall–Kier alpha value is -1.02. The zero-order valence-electron chi connectivity index (χ0n) is 13.2. The molecule has 20 heavy (non-hydrogen) atoms. The summed E-state index contributed by atoms with van der Waals surface area (Å²) in [5.41, 5.74) is 1.32. The van der Waals surface area contributed by atoms with Crippen LogP contribution in [0.1, 0.15) is 52.0 Å². The fourth-order valence-corrected chi connectivity index (χ4v) is 3.44. The minimum absolute atomic E-state index is 0.358. The maximum atomic E-state index is 9.38. The van der Waals surface area contributed by atoms with Crippen molar-refractivity contribution in [2.45, 2.75) is 65.0 Å². The molecular weight excluding hydrogens is 246 g/mol. The van der Waals surface area contributed by atoms with E-state index in [9.17, 15) is 5.11 Å². The molecule has 1 N–H and O–H groups in total. The molecule has 1 aromatic carbocycles. The van der Waals surface area contributed by atoms with Crippen molar-refractivity contribution >= 4 is 0 Å². The number of aromatic hydroxyl groups is 1. The van der Waals surface area contributed by atoms with Gasteiger partial charge in [0.15, 0.2) is 0 Å². The van der Waals surface area contributed by atoms with E-state index in [-0.39, 0.29) is 0 Å². The topological polar surface area (TPSA) is 23.5 Å². The molecule has 0 aliphatic heterocycles. The van der Waals surface area contributed by atoms with Gasteiger partial charge in [0.05, 0.1) is 0 Å². The molecule has 0 radical (unpaired) electrons. The molecule has 1 saturated carbocycles. The SMILES string of the molecule is CC(C)CN(C(C)Cc1ccc(O)cc1)C1CCCC1. The van der Waals surface area contributed by atoms with Gasteiger partial charge in [-0.25, -0.2) is 0 Å². The fraction of sp³-hybridized carbons (Fsp3) is 0.667. The minimum Gasteiger partial charge on any atom is -0.508 e. The number of phenols is 1. The average molecular weight is 275 g/mol. The van der Waals surface area contributed by atoms with Crippen molar-refractivity contribution < 1.29 is 5.11 Å². The largest absolute Gasteiger partial charge is 0.508 e. The lowest BCUT2D eigenvalue weighted by molar-refractivity contribution is 0.127. The van der Waals surface area contributed by atoms with Crippen LogP contribution in [0, 0.1) is 5.92 Å². The van der Waals surface area contributed by atoms with Gasteiger partial charge in [-0.15, -0.1) is 0 Å². The molecule has 1 fully saturated rings. The molecule has 0 aromatic heterocycles. The molecule has 2 heteroatoms. The van der Waals surface area contributed by atoms with Gasteiger partial charge >= 0.3 is 0 Å². The number of nitrogens with zero attached hydrogens (tertiary/aromatic N) is 1. The van der Waals surface area contributed by atoms with Crippen LogP contribution >= 0.6 is 0 Å². The van der Waals surface area contributed by atoms with Crippen LogP contribution in [0.4, 0.5) is 0 Å². The summed E-state index contributed by atoms with van der Waals surface area (Å²) in [5, 5.41) is 9.38. The molecule has 0 spiro atoms. The van der Waals surface area contributed by atoms with E-state index in [0.717, 1.165) is 18.4 Å². The molecule has 1 unspecified atom stereocenters. The molecular formula is C18H29NO. The monoisotopic (exact) mass is 275 g/mol. The number of rotatable bonds is 6. The zero-order chi connectivity index (χ0) is 14.5. The first-order valence-corrected chi connectivity index (χ1v) is 8.10. The summed E-state index contributed by atoms with van der Waals surface area (Å²) >= 11 is 0. The summed E-state index contributed by atoms with van der Waals surface area (Å²) in [6, 6.07) is 9.05. The third kappa shape index (κ3) is 4.24. The molecule has 2 nitrogen and oxygen atoms in total. The maximum absolute atomic E-state index is 9.38. The van der Waals surface area contributed by atoms with Crippen LogP contribution in [0.3, 0.4) is 0 Å². The lowest BCUT2D eigenvalue weighted by atomic mass is 10.0. The molecule has 0 amide bonds. The van der Waals surface area contributed by atoms with Crippen LogP contribution < -0.4 is 0 Å². The molecule has 2 rings (SSSR count). The van der Waals surface area contributed by atoms with E-state index in [4.69, 9.17) is 0 Å². The second-order valence-electron chi connectivity index (χ2n) is 6.75. The number of benzene rings is 1. The molecule has 0 heterocycles. The molecule has 1 atom stereocenters. The highest BCUT2D eigenvalue weighted by molar-refractivity contribution is 5.26. The molecule has 1 aliphatic rings. The van der Waals surface area contributed by atoms with Crippen molar-refractivity contribution in [1.82, 2.24) is 4.90 Å². The first-order valence-electron chi connectivity index (χ1n) is 8.10. The summed E-state index contributed by atoms with van der Waals surface area (Å²) in [4.78, 5) is 2.73. The quantitative estimate of drug-likeness (QED) is 0.840. The van der Waals surface area contributed by atoms with E-state index in [0.29, 0.717) is 11.8 Å². The van der Waals surface area contributed by atoms with Crippen molar-refractivity contribution in [3.63, 3.8) is 0 Å². The second-order valence-corrected chi connectivity index (χ2v) is 6.75. The Bertz CT molecular complexity index is 392. The Balaban J connectivity index is 2.01. The smallest absolute Gasteiger partial charge is 0.115 e. The Morgan fingerprint density at radius 1 is 1.10 bits per heavy atom. The summed E-state index contributed by atoms with van der Waals surface area (Å²) in [7, 11) is 0. The van der Waals surface area contributed by atoms with Crippen molar-refractivity contribution in [2.24, 2.45) is 5.92 Å². The van der Waals surface area contributed by atoms with Crippen molar-refractivity contribution in [2.75, 3.05) is 6.54 Å². The second kappa shape index (κ2) is 7.12. The number of hydrogen-bond acceptors (Lipinski definition) is 2. The molecule has 112 valence electrons. The highest BCUT2D eigenvalue weighted by Crippen LogP contribution is 2.27. The first kappa shape index (κ1) is 15.4. The van der Waals surface area contributed by atoms with Crippen LogP contribution in [0.5, 0.6) is 5.75 Å². The van der Waals surface area contributed by atoms with E-state index in [1.165, 1.54) is 37.8 Å². The lowest BCUT2D eigenvalue weighted by Gasteiger charge is -2.36. The van der Waals surface area contributed by atoms with Gasteiger partial charge in [-0.1, -0.05) is 38.8 Å². The maximum Gasteiger partial charge on any atom is 0.115 e. The minimum atomic E-state index is 0.358. The van der Waals surface area contributed by atoms with Gasteiger partial charge < -0.3 is 5.11 Å². The van der Waals surface area contributed by atoms with E-state index in [1.807, 2.05) is 12.1 Å². The predicted octanol–water partition coefficient (Wildman–Crippen LogP) is 4.22. The highest BCUT2D eigenvalue weighted by Gasteiger charge is 2.26. The van der Waals surface area contributed by atoms with Crippen molar-refractivity contribution in [1.29, 1.82) is 0 Å². The van der Waals surface area contributed by atoms with Crippen molar-refractivity contribution in [3.8, 4) is 5.75 Å². The van der Waals surface area contributed by atoms with E-state index in [1.54, 1.807) is 12.1 Å². The molecule has 1 aromatic rings. The van der Waals surface area contributed by atoms with Crippen molar-refractivity contribution in [3.05, 3.63) is 29.8 Å². The zero-order valence-corrected chi connectivity index (χ0v) is 13.2. The fourth-order valence-electron chi connectivity index (χ4n) is 3.44. The van der Waals surface area contributed by atoms with Gasteiger partial charge in [-0.2, -0.15) is 0 Å². The number of hydrogen-bond donors (Lipinski definition) is 1. The standard InChI is InChI=1S/C18H29NO/c1-14(2)13-19(17-6-4-5-7-17)15(3)12-16-8-10-18(20)11-9-16/h8-11,14-15,17,20H,4-7,12-13H2,1-3H3. The Kier molecular flexibility index (Phi) is 5.47. The third-order valence-electron chi connectivity index (χ3n) is 4.40. The van der Waals surface area contributed by atoms with E-state index in [2.05, 4.69) is 25.7 Å².